The van der Waals surface area contributed by atoms with Crippen LogP contribution in [0.25, 0.3) is 0 Å². The van der Waals surface area contributed by atoms with Crippen LogP contribution in [-0.4, -0.2) is 6.61 Å². The van der Waals surface area contributed by atoms with E-state index in [9.17, 15) is 13.2 Å². The summed E-state index contributed by atoms with van der Waals surface area (Å²) in [5.74, 6) is 1.42. The molecule has 2 aromatic rings. The predicted octanol–water partition coefficient (Wildman–Crippen LogP) is 5.88. The van der Waals surface area contributed by atoms with Gasteiger partial charge in [0.2, 0.25) is 0 Å². The van der Waals surface area contributed by atoms with Crippen LogP contribution >= 0.6 is 11.6 Å². The maximum Gasteiger partial charge on any atom is 0.417 e. The highest BCUT2D eigenvalue weighted by Gasteiger charge is 2.33. The van der Waals surface area contributed by atoms with Gasteiger partial charge in [-0.05, 0) is 54.8 Å². The maximum absolute atomic E-state index is 13.0. The topological polar surface area (TPSA) is 44.5 Å². The summed E-state index contributed by atoms with van der Waals surface area (Å²) in [7, 11) is 0. The first-order valence-corrected chi connectivity index (χ1v) is 8.44. The van der Waals surface area contributed by atoms with E-state index in [2.05, 4.69) is 0 Å². The van der Waals surface area contributed by atoms with Gasteiger partial charge in [-0.1, -0.05) is 23.7 Å². The molecule has 1 aliphatic heterocycles. The lowest BCUT2D eigenvalue weighted by Gasteiger charge is -2.25. The number of hydrogen-bond acceptors (Lipinski definition) is 3. The van der Waals surface area contributed by atoms with E-state index in [-0.39, 0.29) is 10.8 Å². The van der Waals surface area contributed by atoms with E-state index in [1.807, 2.05) is 12.1 Å². The lowest BCUT2D eigenvalue weighted by molar-refractivity contribution is -0.137. The molecule has 0 bridgehead atoms. The minimum absolute atomic E-state index is 0.0556. The van der Waals surface area contributed by atoms with Gasteiger partial charge in [-0.15, -0.1) is 0 Å². The molecular weight excluding hydrogens is 367 g/mol. The molecule has 0 amide bonds. The maximum atomic E-state index is 13.0. The molecule has 1 heterocycles. The average molecular weight is 384 g/mol. The molecule has 2 aromatic carbocycles. The second-order valence-corrected chi connectivity index (χ2v) is 6.35. The van der Waals surface area contributed by atoms with E-state index in [0.717, 1.165) is 24.5 Å². The van der Waals surface area contributed by atoms with Crippen molar-refractivity contribution in [3.05, 3.63) is 64.8 Å². The number of nitrogens with two attached hydrogens (primary N) is 1. The van der Waals surface area contributed by atoms with Crippen molar-refractivity contribution < 1.29 is 22.6 Å². The van der Waals surface area contributed by atoms with E-state index in [4.69, 9.17) is 26.8 Å². The molecular formula is C19H17ClF3NO2. The summed E-state index contributed by atoms with van der Waals surface area (Å²) >= 11 is 5.63. The Morgan fingerprint density at radius 3 is 2.65 bits per heavy atom. The summed E-state index contributed by atoms with van der Waals surface area (Å²) in [6.45, 7) is 0.568. The quantitative estimate of drug-likeness (QED) is 0.717. The molecule has 1 aliphatic rings. The van der Waals surface area contributed by atoms with Crippen LogP contribution in [0.5, 0.6) is 17.2 Å². The molecule has 1 atom stereocenters. The zero-order valence-corrected chi connectivity index (χ0v) is 14.5. The van der Waals surface area contributed by atoms with Crippen molar-refractivity contribution in [2.75, 3.05) is 6.61 Å². The summed E-state index contributed by atoms with van der Waals surface area (Å²) < 4.78 is 50.1. The van der Waals surface area contributed by atoms with Gasteiger partial charge in [0.1, 0.15) is 17.2 Å². The predicted molar refractivity (Wildman–Crippen MR) is 93.8 cm³/mol. The molecule has 0 aromatic heterocycles. The fourth-order valence-electron chi connectivity index (χ4n) is 2.92. The van der Waals surface area contributed by atoms with Crippen molar-refractivity contribution in [3.63, 3.8) is 0 Å². The molecule has 0 saturated heterocycles. The van der Waals surface area contributed by atoms with Crippen LogP contribution in [0.1, 0.15) is 29.9 Å². The molecule has 0 radical (unpaired) electrons. The van der Waals surface area contributed by atoms with Crippen molar-refractivity contribution in [1.29, 1.82) is 0 Å². The summed E-state index contributed by atoms with van der Waals surface area (Å²) in [5, 5.41) is -0.366. The Labute approximate surface area is 154 Å². The van der Waals surface area contributed by atoms with Gasteiger partial charge in [0.05, 0.1) is 17.2 Å². The largest absolute Gasteiger partial charge is 0.493 e. The molecule has 0 aliphatic carbocycles. The standard InChI is InChI=1S/C19H17ClF3NO2/c20-17-6-4-13(10-16(17)19(21,22)23)26-14-3-5-15-12(2-1-8-24)7-9-25-18(15)11-14/h1,3-6,8,10-12H,2,7,9,24H2. The van der Waals surface area contributed by atoms with Gasteiger partial charge in [-0.2, -0.15) is 13.2 Å². The zero-order chi connectivity index (χ0) is 18.7. The Bertz CT molecular complexity index is 821. The first kappa shape index (κ1) is 18.5. The number of rotatable bonds is 4. The normalized spacial score (nSPS) is 17.0. The van der Waals surface area contributed by atoms with Gasteiger partial charge in [-0.25, -0.2) is 0 Å². The number of alkyl halides is 3. The third-order valence-electron chi connectivity index (χ3n) is 4.18. The number of ether oxygens (including phenoxy) is 2. The van der Waals surface area contributed by atoms with Crippen molar-refractivity contribution in [2.24, 2.45) is 5.73 Å². The lowest BCUT2D eigenvalue weighted by Crippen LogP contribution is -2.13. The summed E-state index contributed by atoms with van der Waals surface area (Å²) in [6.07, 6.45) is 0.559. The fraction of sp³-hybridized carbons (Fsp3) is 0.263. The Balaban J connectivity index is 1.84. The van der Waals surface area contributed by atoms with Gasteiger partial charge >= 0.3 is 6.18 Å². The van der Waals surface area contributed by atoms with Crippen molar-refractivity contribution in [2.45, 2.75) is 24.9 Å². The Kier molecular flexibility index (Phi) is 5.32. The molecule has 26 heavy (non-hydrogen) atoms. The minimum atomic E-state index is -4.54. The number of hydrogen-bond donors (Lipinski definition) is 1. The molecule has 0 fully saturated rings. The number of benzene rings is 2. The van der Waals surface area contributed by atoms with Crippen LogP contribution in [0.15, 0.2) is 48.7 Å². The third-order valence-corrected chi connectivity index (χ3v) is 4.51. The van der Waals surface area contributed by atoms with Crippen LogP contribution in [0.2, 0.25) is 5.02 Å². The Morgan fingerprint density at radius 2 is 1.92 bits per heavy atom. The van der Waals surface area contributed by atoms with Crippen molar-refractivity contribution in [3.8, 4) is 17.2 Å². The molecule has 3 rings (SSSR count). The molecule has 1 unspecified atom stereocenters. The zero-order valence-electron chi connectivity index (χ0n) is 13.7. The first-order valence-electron chi connectivity index (χ1n) is 8.06. The van der Waals surface area contributed by atoms with E-state index < -0.39 is 11.7 Å². The monoisotopic (exact) mass is 383 g/mol. The average Bonchev–Trinajstić information content (AvgIpc) is 2.60. The van der Waals surface area contributed by atoms with Gasteiger partial charge in [-0.3, -0.25) is 0 Å². The molecule has 138 valence electrons. The minimum Gasteiger partial charge on any atom is -0.493 e. The van der Waals surface area contributed by atoms with Crippen LogP contribution in [0.4, 0.5) is 13.2 Å². The van der Waals surface area contributed by atoms with Gasteiger partial charge in [0, 0.05) is 6.07 Å². The van der Waals surface area contributed by atoms with E-state index >= 15 is 0 Å². The fourth-order valence-corrected chi connectivity index (χ4v) is 3.14. The summed E-state index contributed by atoms with van der Waals surface area (Å²) in [5.41, 5.74) is 5.51. The summed E-state index contributed by atoms with van der Waals surface area (Å²) in [4.78, 5) is 0. The third kappa shape index (κ3) is 4.07. The molecule has 2 N–H and O–H groups in total. The van der Waals surface area contributed by atoms with Crippen LogP contribution in [0.3, 0.4) is 0 Å². The number of allylic oxidation sites excluding steroid dienone is 1. The second-order valence-electron chi connectivity index (χ2n) is 5.94. The molecule has 7 heteroatoms. The lowest BCUT2D eigenvalue weighted by atomic mass is 9.90. The van der Waals surface area contributed by atoms with Crippen LogP contribution < -0.4 is 15.2 Å². The van der Waals surface area contributed by atoms with Crippen LogP contribution in [0, 0.1) is 0 Å². The smallest absolute Gasteiger partial charge is 0.417 e. The number of halogens is 4. The van der Waals surface area contributed by atoms with Gasteiger partial charge in [0.25, 0.3) is 0 Å². The van der Waals surface area contributed by atoms with Gasteiger partial charge in [0.15, 0.2) is 0 Å². The first-order chi connectivity index (χ1) is 12.4. The van der Waals surface area contributed by atoms with Crippen molar-refractivity contribution in [1.82, 2.24) is 0 Å². The second kappa shape index (κ2) is 7.50. The molecule has 0 spiro atoms. The van der Waals surface area contributed by atoms with Gasteiger partial charge < -0.3 is 15.2 Å². The van der Waals surface area contributed by atoms with E-state index in [1.54, 1.807) is 12.1 Å². The van der Waals surface area contributed by atoms with E-state index in [0.29, 0.717) is 24.0 Å². The molecule has 3 nitrogen and oxygen atoms in total. The molecule has 0 saturated carbocycles. The van der Waals surface area contributed by atoms with E-state index in [1.165, 1.54) is 18.3 Å². The highest BCUT2D eigenvalue weighted by Crippen LogP contribution is 2.40. The summed E-state index contributed by atoms with van der Waals surface area (Å²) in [6, 6.07) is 8.73. The highest BCUT2D eigenvalue weighted by molar-refractivity contribution is 6.31. The van der Waals surface area contributed by atoms with Crippen LogP contribution in [-0.2, 0) is 6.18 Å². The Morgan fingerprint density at radius 1 is 1.19 bits per heavy atom. The highest BCUT2D eigenvalue weighted by atomic mass is 35.5. The number of fused-ring (bicyclic) bond motifs is 1. The van der Waals surface area contributed by atoms with Crippen molar-refractivity contribution >= 4 is 11.6 Å². The SMILES string of the molecule is NC=CCC1CCOc2cc(Oc3ccc(Cl)c(C(F)(F)F)c3)ccc21. The Hall–Kier alpha value is -2.34.